The Balaban J connectivity index is 1.90. The molecule has 1 aromatic heterocycles. The second-order valence-electron chi connectivity index (χ2n) is 2.69. The third-order valence-corrected chi connectivity index (χ3v) is 3.88. The van der Waals surface area contributed by atoms with Crippen LogP contribution in [0.1, 0.15) is 25.7 Å². The maximum Gasteiger partial charge on any atom is 0.174 e. The third kappa shape index (κ3) is 5.54. The van der Waals surface area contributed by atoms with E-state index in [4.69, 9.17) is 0 Å². The summed E-state index contributed by atoms with van der Waals surface area (Å²) in [7, 11) is 0. The Morgan fingerprint density at radius 2 is 2.15 bits per heavy atom. The van der Waals surface area contributed by atoms with E-state index < -0.39 is 0 Å². The number of thiol groups is 1. The summed E-state index contributed by atoms with van der Waals surface area (Å²) in [5.74, 6) is 2.19. The van der Waals surface area contributed by atoms with E-state index in [9.17, 15) is 0 Å². The summed E-state index contributed by atoms with van der Waals surface area (Å²) in [4.78, 5) is 0. The van der Waals surface area contributed by atoms with E-state index in [2.05, 4.69) is 22.8 Å². The molecule has 0 bridgehead atoms. The van der Waals surface area contributed by atoms with E-state index in [0.717, 1.165) is 10.1 Å². The number of hydrogen-bond acceptors (Lipinski definition) is 5. The van der Waals surface area contributed by atoms with Gasteiger partial charge in [0, 0.05) is 5.75 Å². The molecule has 0 amide bonds. The maximum absolute atomic E-state index is 4.17. The molecule has 0 aliphatic carbocycles. The fourth-order valence-electron chi connectivity index (χ4n) is 0.953. The van der Waals surface area contributed by atoms with Crippen molar-refractivity contribution >= 4 is 35.7 Å². The van der Waals surface area contributed by atoms with Gasteiger partial charge in [-0.05, 0) is 18.6 Å². The molecule has 1 aromatic rings. The van der Waals surface area contributed by atoms with Crippen LogP contribution in [0.2, 0.25) is 0 Å². The molecule has 74 valence electrons. The molecule has 0 saturated heterocycles. The lowest BCUT2D eigenvalue weighted by Gasteiger charge is -1.97. The lowest BCUT2D eigenvalue weighted by atomic mass is 10.2. The van der Waals surface area contributed by atoms with Crippen molar-refractivity contribution in [3.05, 3.63) is 5.51 Å². The average Bonchev–Trinajstić information content (AvgIpc) is 2.63. The van der Waals surface area contributed by atoms with Gasteiger partial charge in [-0.15, -0.1) is 10.2 Å². The summed E-state index contributed by atoms with van der Waals surface area (Å²) in [6.07, 6.45) is 5.14. The Kier molecular flexibility index (Phi) is 6.67. The van der Waals surface area contributed by atoms with Crippen LogP contribution in [-0.2, 0) is 0 Å². The first kappa shape index (κ1) is 11.3. The average molecular weight is 234 g/mol. The first-order chi connectivity index (χ1) is 6.43. The van der Waals surface area contributed by atoms with Gasteiger partial charge in [0.15, 0.2) is 4.34 Å². The van der Waals surface area contributed by atoms with Crippen molar-refractivity contribution in [2.45, 2.75) is 30.0 Å². The van der Waals surface area contributed by atoms with Crippen LogP contribution in [0.3, 0.4) is 0 Å². The molecule has 0 unspecified atom stereocenters. The molecule has 1 rings (SSSR count). The summed E-state index contributed by atoms with van der Waals surface area (Å²) in [5.41, 5.74) is 1.78. The molecule has 0 atom stereocenters. The third-order valence-electron chi connectivity index (χ3n) is 1.62. The first-order valence-electron chi connectivity index (χ1n) is 4.43. The molecule has 2 nitrogen and oxygen atoms in total. The number of rotatable bonds is 7. The largest absolute Gasteiger partial charge is 0.179 e. The standard InChI is InChI=1S/C8H14N2S3/c11-5-3-1-2-4-6-12-8-10-9-7-13-8/h7,11H,1-6H2. The van der Waals surface area contributed by atoms with Crippen LogP contribution in [0, 0.1) is 0 Å². The van der Waals surface area contributed by atoms with Gasteiger partial charge in [-0.25, -0.2) is 0 Å². The van der Waals surface area contributed by atoms with Gasteiger partial charge in [0.2, 0.25) is 0 Å². The van der Waals surface area contributed by atoms with E-state index >= 15 is 0 Å². The van der Waals surface area contributed by atoms with E-state index in [1.807, 2.05) is 11.8 Å². The predicted molar refractivity (Wildman–Crippen MR) is 63.0 cm³/mol. The van der Waals surface area contributed by atoms with Crippen LogP contribution < -0.4 is 0 Å². The lowest BCUT2D eigenvalue weighted by molar-refractivity contribution is 0.712. The van der Waals surface area contributed by atoms with Crippen LogP contribution in [0.25, 0.3) is 0 Å². The number of nitrogens with zero attached hydrogens (tertiary/aromatic N) is 2. The van der Waals surface area contributed by atoms with Crippen molar-refractivity contribution in [2.24, 2.45) is 0 Å². The Morgan fingerprint density at radius 1 is 1.31 bits per heavy atom. The summed E-state index contributed by atoms with van der Waals surface area (Å²) in [6.45, 7) is 0. The molecule has 0 fully saturated rings. The molecular weight excluding hydrogens is 220 g/mol. The van der Waals surface area contributed by atoms with Crippen molar-refractivity contribution < 1.29 is 0 Å². The smallest absolute Gasteiger partial charge is 0.174 e. The zero-order valence-electron chi connectivity index (χ0n) is 7.48. The molecule has 0 radical (unpaired) electrons. The first-order valence-corrected chi connectivity index (χ1v) is 6.93. The molecule has 0 N–H and O–H groups in total. The van der Waals surface area contributed by atoms with E-state index in [0.29, 0.717) is 0 Å². The summed E-state index contributed by atoms with van der Waals surface area (Å²) >= 11 is 7.60. The molecule has 0 spiro atoms. The second-order valence-corrected chi connectivity index (χ2v) is 5.31. The van der Waals surface area contributed by atoms with Gasteiger partial charge in [0.05, 0.1) is 0 Å². The Labute approximate surface area is 92.9 Å². The van der Waals surface area contributed by atoms with Gasteiger partial charge in [0.1, 0.15) is 5.51 Å². The minimum absolute atomic E-state index is 1.02. The van der Waals surface area contributed by atoms with Gasteiger partial charge in [0.25, 0.3) is 0 Å². The van der Waals surface area contributed by atoms with Crippen LogP contribution in [0.5, 0.6) is 0 Å². The van der Waals surface area contributed by atoms with E-state index in [-0.39, 0.29) is 0 Å². The maximum atomic E-state index is 4.17. The molecule has 0 aromatic carbocycles. The Morgan fingerprint density at radius 3 is 2.85 bits per heavy atom. The van der Waals surface area contributed by atoms with E-state index in [1.54, 1.807) is 16.8 Å². The van der Waals surface area contributed by atoms with Gasteiger partial charge >= 0.3 is 0 Å². The fourth-order valence-corrected chi connectivity index (χ4v) is 2.73. The lowest BCUT2D eigenvalue weighted by Crippen LogP contribution is -1.82. The van der Waals surface area contributed by atoms with Gasteiger partial charge in [-0.3, -0.25) is 0 Å². The van der Waals surface area contributed by atoms with Gasteiger partial charge < -0.3 is 0 Å². The van der Waals surface area contributed by atoms with Crippen molar-refractivity contribution in [1.82, 2.24) is 10.2 Å². The predicted octanol–water partition coefficient (Wildman–Crippen LogP) is 3.12. The summed E-state index contributed by atoms with van der Waals surface area (Å²) in [6, 6.07) is 0. The minimum Gasteiger partial charge on any atom is -0.179 e. The van der Waals surface area contributed by atoms with Gasteiger partial charge in [-0.2, -0.15) is 12.6 Å². The highest BCUT2D eigenvalue weighted by atomic mass is 32.2. The van der Waals surface area contributed by atoms with Crippen molar-refractivity contribution in [2.75, 3.05) is 11.5 Å². The highest BCUT2D eigenvalue weighted by Gasteiger charge is 1.96. The molecule has 0 saturated carbocycles. The highest BCUT2D eigenvalue weighted by Crippen LogP contribution is 2.20. The normalized spacial score (nSPS) is 10.5. The SMILES string of the molecule is SCCCCCCSc1nncs1. The quantitative estimate of drug-likeness (QED) is 0.446. The molecule has 0 aliphatic rings. The molecular formula is C8H14N2S3. The molecule has 1 heterocycles. The minimum atomic E-state index is 1.02. The van der Waals surface area contributed by atoms with Gasteiger partial charge in [-0.1, -0.05) is 35.9 Å². The van der Waals surface area contributed by atoms with Crippen molar-refractivity contribution in [1.29, 1.82) is 0 Å². The zero-order valence-corrected chi connectivity index (χ0v) is 10.0. The van der Waals surface area contributed by atoms with Crippen molar-refractivity contribution in [3.8, 4) is 0 Å². The van der Waals surface area contributed by atoms with Crippen molar-refractivity contribution in [3.63, 3.8) is 0 Å². The number of hydrogen-bond donors (Lipinski definition) is 1. The highest BCUT2D eigenvalue weighted by molar-refractivity contribution is 8.00. The van der Waals surface area contributed by atoms with Crippen LogP contribution in [-0.4, -0.2) is 21.7 Å². The Hall–Kier alpha value is 0.260. The fraction of sp³-hybridized carbons (Fsp3) is 0.750. The zero-order chi connectivity index (χ0) is 9.36. The number of thioether (sulfide) groups is 1. The Bertz CT molecular complexity index is 201. The number of aromatic nitrogens is 2. The molecule has 0 aliphatic heterocycles. The summed E-state index contributed by atoms with van der Waals surface area (Å²) in [5, 5.41) is 7.76. The molecule has 13 heavy (non-hydrogen) atoms. The van der Waals surface area contributed by atoms with Crippen LogP contribution in [0.4, 0.5) is 0 Å². The monoisotopic (exact) mass is 234 g/mol. The topological polar surface area (TPSA) is 25.8 Å². The summed E-state index contributed by atoms with van der Waals surface area (Å²) < 4.78 is 1.09. The van der Waals surface area contributed by atoms with Crippen LogP contribution >= 0.6 is 35.7 Å². The molecule has 5 heteroatoms. The van der Waals surface area contributed by atoms with E-state index in [1.165, 1.54) is 31.4 Å². The number of unbranched alkanes of at least 4 members (excludes halogenated alkanes) is 3. The van der Waals surface area contributed by atoms with Crippen LogP contribution in [0.15, 0.2) is 9.85 Å². The second kappa shape index (κ2) is 7.64.